The first-order valence-electron chi connectivity index (χ1n) is 6.18. The second kappa shape index (κ2) is 3.29. The first-order chi connectivity index (χ1) is 8.78. The molecule has 0 spiro atoms. The van der Waals surface area contributed by atoms with Crippen molar-refractivity contribution in [2.24, 2.45) is 0 Å². The fourth-order valence-electron chi connectivity index (χ4n) is 2.86. The second-order valence-corrected chi connectivity index (χ2v) is 4.93. The van der Waals surface area contributed by atoms with Crippen LogP contribution in [0.15, 0.2) is 18.5 Å². The highest BCUT2D eigenvalue weighted by atomic mass is 16.3. The van der Waals surface area contributed by atoms with Crippen LogP contribution in [0.4, 0.5) is 0 Å². The largest absolute Gasteiger partial charge is 0.382 e. The van der Waals surface area contributed by atoms with Crippen LogP contribution in [0, 0.1) is 0 Å². The van der Waals surface area contributed by atoms with Crippen molar-refractivity contribution in [3.63, 3.8) is 0 Å². The molecule has 18 heavy (non-hydrogen) atoms. The Hall–Kier alpha value is -1.95. The van der Waals surface area contributed by atoms with Crippen LogP contribution in [0.1, 0.15) is 31.5 Å². The number of hydrogen-bond acceptors (Lipinski definition) is 4. The third-order valence-corrected chi connectivity index (χ3v) is 3.79. The highest BCUT2D eigenvalue weighted by molar-refractivity contribution is 5.74. The molecule has 2 N–H and O–H groups in total. The lowest BCUT2D eigenvalue weighted by atomic mass is 10.0. The summed E-state index contributed by atoms with van der Waals surface area (Å²) in [5.41, 5.74) is 1.53. The molecule has 1 saturated carbocycles. The minimum Gasteiger partial charge on any atom is -0.382 e. The molecule has 3 aromatic heterocycles. The predicted octanol–water partition coefficient (Wildman–Crippen LogP) is 1.37. The average molecular weight is 243 g/mol. The summed E-state index contributed by atoms with van der Waals surface area (Å²) in [5, 5.41) is 19.0. The molecule has 0 aromatic carbocycles. The second-order valence-electron chi connectivity index (χ2n) is 4.93. The van der Waals surface area contributed by atoms with Gasteiger partial charge in [0.05, 0.1) is 11.7 Å². The quantitative estimate of drug-likeness (QED) is 0.676. The predicted molar refractivity (Wildman–Crippen MR) is 65.0 cm³/mol. The number of fused-ring (bicyclic) bond motifs is 3. The Labute approximate surface area is 103 Å². The molecule has 0 saturated heterocycles. The maximum atomic E-state index is 10.7. The summed E-state index contributed by atoms with van der Waals surface area (Å²) < 4.78 is 1.91. The molecule has 0 amide bonds. The first kappa shape index (κ1) is 10.0. The summed E-state index contributed by atoms with van der Waals surface area (Å²) in [7, 11) is 0. The van der Waals surface area contributed by atoms with Crippen molar-refractivity contribution in [3.8, 4) is 0 Å². The van der Waals surface area contributed by atoms with Crippen molar-refractivity contribution in [2.45, 2.75) is 31.3 Å². The highest BCUT2D eigenvalue weighted by Crippen LogP contribution is 2.38. The summed E-state index contributed by atoms with van der Waals surface area (Å²) in [5.74, 6) is 0.641. The summed E-state index contributed by atoms with van der Waals surface area (Å²) in [6.45, 7) is 0. The van der Waals surface area contributed by atoms with Crippen LogP contribution in [0.2, 0.25) is 0 Å². The van der Waals surface area contributed by atoms with Crippen molar-refractivity contribution in [1.29, 1.82) is 0 Å². The molecule has 3 aromatic rings. The normalized spacial score (nSPS) is 18.9. The van der Waals surface area contributed by atoms with Crippen molar-refractivity contribution in [3.05, 3.63) is 24.3 Å². The lowest BCUT2D eigenvalue weighted by molar-refractivity contribution is 0.0344. The molecule has 0 radical (unpaired) electrons. The van der Waals surface area contributed by atoms with Gasteiger partial charge >= 0.3 is 0 Å². The Balaban J connectivity index is 2.08. The number of aliphatic hydroxyl groups is 1. The van der Waals surface area contributed by atoms with E-state index in [-0.39, 0.29) is 0 Å². The molecule has 0 bridgehead atoms. The minimum absolute atomic E-state index is 0.641. The maximum absolute atomic E-state index is 10.7. The van der Waals surface area contributed by atoms with Crippen LogP contribution in [-0.2, 0) is 5.60 Å². The zero-order valence-corrected chi connectivity index (χ0v) is 9.80. The standard InChI is InChI=1S/C12H13N5O/c18-12(4-1-2-5-12)11-16-15-9-7-14-10-8(17(9)11)3-6-13-10/h3,6-7,13,18H,1-2,4-5H2. The molecule has 6 nitrogen and oxygen atoms in total. The highest BCUT2D eigenvalue weighted by Gasteiger charge is 2.37. The third kappa shape index (κ3) is 1.18. The van der Waals surface area contributed by atoms with Crippen molar-refractivity contribution in [1.82, 2.24) is 24.6 Å². The van der Waals surface area contributed by atoms with E-state index < -0.39 is 5.60 Å². The summed E-state index contributed by atoms with van der Waals surface area (Å²) in [6, 6.07) is 1.93. The zero-order valence-electron chi connectivity index (χ0n) is 9.80. The number of nitrogens with zero attached hydrogens (tertiary/aromatic N) is 4. The van der Waals surface area contributed by atoms with Gasteiger partial charge in [0, 0.05) is 6.20 Å². The topological polar surface area (TPSA) is 79.1 Å². The Kier molecular flexibility index (Phi) is 1.83. The molecule has 1 aliphatic rings. The Morgan fingerprint density at radius 2 is 2.11 bits per heavy atom. The van der Waals surface area contributed by atoms with Crippen LogP contribution < -0.4 is 0 Å². The van der Waals surface area contributed by atoms with Gasteiger partial charge in [-0.3, -0.25) is 4.40 Å². The molecule has 0 unspecified atom stereocenters. The van der Waals surface area contributed by atoms with E-state index in [1.807, 2.05) is 16.7 Å². The van der Waals surface area contributed by atoms with E-state index in [9.17, 15) is 5.11 Å². The number of aromatic amines is 1. The molecular weight excluding hydrogens is 230 g/mol. The van der Waals surface area contributed by atoms with E-state index >= 15 is 0 Å². The maximum Gasteiger partial charge on any atom is 0.180 e. The molecule has 0 atom stereocenters. The van der Waals surface area contributed by atoms with Gasteiger partial charge in [0.15, 0.2) is 17.1 Å². The van der Waals surface area contributed by atoms with Gasteiger partial charge in [-0.2, -0.15) is 0 Å². The van der Waals surface area contributed by atoms with E-state index in [0.29, 0.717) is 11.5 Å². The van der Waals surface area contributed by atoms with Gasteiger partial charge in [0.2, 0.25) is 0 Å². The van der Waals surface area contributed by atoms with Crippen molar-refractivity contribution >= 4 is 16.8 Å². The summed E-state index contributed by atoms with van der Waals surface area (Å²) in [6.07, 6.45) is 7.08. The van der Waals surface area contributed by atoms with Crippen LogP contribution in [0.5, 0.6) is 0 Å². The van der Waals surface area contributed by atoms with E-state index in [1.165, 1.54) is 0 Å². The summed E-state index contributed by atoms with van der Waals surface area (Å²) >= 11 is 0. The Morgan fingerprint density at radius 3 is 2.94 bits per heavy atom. The fourth-order valence-corrected chi connectivity index (χ4v) is 2.86. The van der Waals surface area contributed by atoms with Gasteiger partial charge in [0.1, 0.15) is 5.60 Å². The zero-order chi connectivity index (χ0) is 12.2. The van der Waals surface area contributed by atoms with Gasteiger partial charge in [-0.25, -0.2) is 4.98 Å². The number of nitrogens with one attached hydrogen (secondary N) is 1. The SMILES string of the molecule is OC1(c2nnc3cnc4[nH]ccc4n23)CCCC1. The average Bonchev–Trinajstić information content (AvgIpc) is 3.05. The number of rotatable bonds is 1. The van der Waals surface area contributed by atoms with Gasteiger partial charge < -0.3 is 10.1 Å². The minimum atomic E-state index is -0.842. The first-order valence-corrected chi connectivity index (χ1v) is 6.18. The summed E-state index contributed by atoms with van der Waals surface area (Å²) in [4.78, 5) is 7.33. The van der Waals surface area contributed by atoms with Crippen molar-refractivity contribution in [2.75, 3.05) is 0 Å². The molecule has 3 heterocycles. The molecule has 4 rings (SSSR count). The van der Waals surface area contributed by atoms with Crippen molar-refractivity contribution < 1.29 is 5.11 Å². The van der Waals surface area contributed by atoms with Gasteiger partial charge in [0.25, 0.3) is 0 Å². The fraction of sp³-hybridized carbons (Fsp3) is 0.417. The third-order valence-electron chi connectivity index (χ3n) is 3.79. The van der Waals surface area contributed by atoms with E-state index in [2.05, 4.69) is 20.2 Å². The monoisotopic (exact) mass is 243 g/mol. The Morgan fingerprint density at radius 1 is 1.28 bits per heavy atom. The molecule has 1 fully saturated rings. The van der Waals surface area contributed by atoms with E-state index in [1.54, 1.807) is 6.20 Å². The molecule has 6 heteroatoms. The number of H-pyrrole nitrogens is 1. The lowest BCUT2D eigenvalue weighted by Crippen LogP contribution is -2.24. The van der Waals surface area contributed by atoms with Gasteiger partial charge in [-0.15, -0.1) is 10.2 Å². The number of aromatic nitrogens is 5. The molecule has 1 aliphatic carbocycles. The van der Waals surface area contributed by atoms with Gasteiger partial charge in [-0.05, 0) is 31.7 Å². The molecule has 92 valence electrons. The van der Waals surface area contributed by atoms with E-state index in [4.69, 9.17) is 0 Å². The molecule has 0 aliphatic heterocycles. The lowest BCUT2D eigenvalue weighted by Gasteiger charge is -2.19. The Bertz CT molecular complexity index is 722. The van der Waals surface area contributed by atoms with E-state index in [0.717, 1.165) is 36.8 Å². The van der Waals surface area contributed by atoms with Crippen LogP contribution in [0.25, 0.3) is 16.8 Å². The van der Waals surface area contributed by atoms with Crippen LogP contribution in [-0.4, -0.2) is 29.7 Å². The smallest absolute Gasteiger partial charge is 0.180 e. The van der Waals surface area contributed by atoms with Gasteiger partial charge in [-0.1, -0.05) is 0 Å². The molecular formula is C12H13N5O. The van der Waals surface area contributed by atoms with Crippen LogP contribution >= 0.6 is 0 Å². The number of hydrogen-bond donors (Lipinski definition) is 2. The van der Waals surface area contributed by atoms with Crippen LogP contribution in [0.3, 0.4) is 0 Å².